The van der Waals surface area contributed by atoms with Gasteiger partial charge in [-0.1, -0.05) is 0 Å². The Balaban J connectivity index is -0.0000000720. The molecule has 0 radical (unpaired) electrons. The molecule has 0 aliphatic heterocycles. The third-order valence-electron chi connectivity index (χ3n) is 0. The fourth-order valence-corrected chi connectivity index (χ4v) is 0. The SMILES string of the molecule is CP(C)C.F[C-](F)F.[Au+]. The first-order valence-electron chi connectivity index (χ1n) is 1.91. The molecule has 0 rings (SSSR count). The van der Waals surface area contributed by atoms with E-state index in [-0.39, 0.29) is 22.4 Å². The van der Waals surface area contributed by atoms with E-state index in [9.17, 15) is 13.2 Å². The molecule has 62 valence electrons. The molecule has 0 unspecified atom stereocenters. The van der Waals surface area contributed by atoms with E-state index in [1.807, 2.05) is 0 Å². The van der Waals surface area contributed by atoms with Gasteiger partial charge in [-0.3, -0.25) is 0 Å². The van der Waals surface area contributed by atoms with E-state index in [4.69, 9.17) is 0 Å². The number of hydrogen-bond donors (Lipinski definition) is 0. The van der Waals surface area contributed by atoms with E-state index in [0.717, 1.165) is 0 Å². The molecule has 0 amide bonds. The van der Waals surface area contributed by atoms with E-state index in [1.165, 1.54) is 0 Å². The minimum Gasteiger partial charge on any atom is -0.385 e. The first-order valence-corrected chi connectivity index (χ1v) is 4.59. The first kappa shape index (κ1) is 16.5. The second kappa shape index (κ2) is 11.7. The summed E-state index contributed by atoms with van der Waals surface area (Å²) in [6.07, 6.45) is 0. The van der Waals surface area contributed by atoms with Gasteiger partial charge in [0.2, 0.25) is 0 Å². The summed E-state index contributed by atoms with van der Waals surface area (Å²) in [5, 5.41) is 0. The zero-order chi connectivity index (χ0) is 7.15. The van der Waals surface area contributed by atoms with Crippen molar-refractivity contribution in [3.05, 3.63) is 6.68 Å². The fourth-order valence-electron chi connectivity index (χ4n) is 0. The fraction of sp³-hybridized carbons (Fsp3) is 0.750. The van der Waals surface area contributed by atoms with Crippen molar-refractivity contribution < 1.29 is 35.6 Å². The topological polar surface area (TPSA) is 0 Å². The van der Waals surface area contributed by atoms with Gasteiger partial charge in [0.1, 0.15) is 0 Å². The van der Waals surface area contributed by atoms with Gasteiger partial charge in [0.25, 0.3) is 0 Å². The van der Waals surface area contributed by atoms with Crippen LogP contribution in [0.15, 0.2) is 0 Å². The number of rotatable bonds is 0. The van der Waals surface area contributed by atoms with Gasteiger partial charge in [0.05, 0.1) is 0 Å². The monoisotopic (exact) mass is 342 g/mol. The molecule has 0 bridgehead atoms. The second-order valence-electron chi connectivity index (χ2n) is 1.56. The Bertz CT molecular complexity index is 31.3. The van der Waals surface area contributed by atoms with Crippen LogP contribution in [0.3, 0.4) is 0 Å². The van der Waals surface area contributed by atoms with Crippen molar-refractivity contribution in [2.75, 3.05) is 20.0 Å². The largest absolute Gasteiger partial charge is 1.00 e. The molecule has 0 aromatic rings. The molecular formula is C4H9AuF3P. The zero-order valence-electron chi connectivity index (χ0n) is 5.38. The van der Waals surface area contributed by atoms with Gasteiger partial charge in [-0.05, 0) is 20.0 Å². The van der Waals surface area contributed by atoms with Gasteiger partial charge < -0.3 is 13.2 Å². The summed E-state index contributed by atoms with van der Waals surface area (Å²) in [5.41, 5.74) is 0. The van der Waals surface area contributed by atoms with Crippen LogP contribution in [0.1, 0.15) is 0 Å². The maximum Gasteiger partial charge on any atom is 1.00 e. The Morgan fingerprint density at radius 1 is 1.00 bits per heavy atom. The van der Waals surface area contributed by atoms with Crippen molar-refractivity contribution in [3.8, 4) is 0 Å². The summed E-state index contributed by atoms with van der Waals surface area (Å²) in [6, 6.07) is 0. The van der Waals surface area contributed by atoms with Crippen molar-refractivity contribution in [1.82, 2.24) is 0 Å². The standard InChI is InChI=1S/C3H9P.CF3.Au/c1-4(2)3;2-1(3)4;/h1-3H3;;/q;-1;+1. The number of hydrogen-bond acceptors (Lipinski definition) is 0. The smallest absolute Gasteiger partial charge is 0.385 e. The third-order valence-corrected chi connectivity index (χ3v) is 0. The molecular weight excluding hydrogens is 333 g/mol. The molecule has 0 N–H and O–H groups in total. The summed E-state index contributed by atoms with van der Waals surface area (Å²) >= 11 is 0. The summed E-state index contributed by atoms with van der Waals surface area (Å²) < 4.78 is 28.8. The Hall–Kier alpha value is 0.960. The molecule has 0 aliphatic rings. The van der Waals surface area contributed by atoms with E-state index in [1.54, 1.807) is 0 Å². The number of halogens is 3. The van der Waals surface area contributed by atoms with Gasteiger partial charge in [-0.15, -0.1) is 7.92 Å². The van der Waals surface area contributed by atoms with Crippen molar-refractivity contribution in [1.29, 1.82) is 0 Å². The molecule has 0 fully saturated rings. The van der Waals surface area contributed by atoms with E-state index < -0.39 is 6.68 Å². The predicted molar refractivity (Wildman–Crippen MR) is 31.3 cm³/mol. The molecule has 0 nitrogen and oxygen atoms in total. The molecule has 0 aliphatic carbocycles. The van der Waals surface area contributed by atoms with Crippen LogP contribution < -0.4 is 0 Å². The summed E-state index contributed by atoms with van der Waals surface area (Å²) in [6.45, 7) is 3.61. The predicted octanol–water partition coefficient (Wildman–Crippen LogP) is 2.70. The molecule has 5 heteroatoms. The van der Waals surface area contributed by atoms with Gasteiger partial charge in [0, 0.05) is 0 Å². The zero-order valence-corrected chi connectivity index (χ0v) is 8.44. The molecule has 0 aromatic heterocycles. The van der Waals surface area contributed by atoms with Crippen LogP contribution in [0.2, 0.25) is 0 Å². The molecule has 0 saturated heterocycles. The maximum atomic E-state index is 9.58. The Morgan fingerprint density at radius 3 is 1.00 bits per heavy atom. The second-order valence-corrected chi connectivity index (χ2v) is 4.24. The van der Waals surface area contributed by atoms with Crippen molar-refractivity contribution in [3.63, 3.8) is 0 Å². The van der Waals surface area contributed by atoms with Crippen LogP contribution in [0.5, 0.6) is 0 Å². The third kappa shape index (κ3) is 471. The van der Waals surface area contributed by atoms with Crippen LogP contribution in [-0.4, -0.2) is 20.0 Å². The van der Waals surface area contributed by atoms with Crippen LogP contribution in [0, 0.1) is 6.68 Å². The summed E-state index contributed by atoms with van der Waals surface area (Å²) in [5.74, 6) is 0. The van der Waals surface area contributed by atoms with Gasteiger partial charge in [0.15, 0.2) is 6.68 Å². The first-order chi connectivity index (χ1) is 3.46. The van der Waals surface area contributed by atoms with Crippen molar-refractivity contribution in [2.45, 2.75) is 0 Å². The van der Waals surface area contributed by atoms with E-state index in [0.29, 0.717) is 7.92 Å². The molecule has 9 heavy (non-hydrogen) atoms. The van der Waals surface area contributed by atoms with Crippen molar-refractivity contribution >= 4 is 7.92 Å². The van der Waals surface area contributed by atoms with Crippen LogP contribution in [0.25, 0.3) is 0 Å². The Morgan fingerprint density at radius 2 is 1.00 bits per heavy atom. The van der Waals surface area contributed by atoms with Gasteiger partial charge >= 0.3 is 22.4 Å². The summed E-state index contributed by atoms with van der Waals surface area (Å²) in [4.78, 5) is 0. The minimum atomic E-state index is -3.08. The molecule has 0 spiro atoms. The molecule has 0 aromatic carbocycles. The molecule has 0 heterocycles. The molecule has 0 atom stereocenters. The Labute approximate surface area is 70.5 Å². The minimum absolute atomic E-state index is 0. The Kier molecular flexibility index (Phi) is 21.5. The van der Waals surface area contributed by atoms with Gasteiger partial charge in [-0.2, -0.15) is 0 Å². The molecule has 0 saturated carbocycles. The van der Waals surface area contributed by atoms with Crippen molar-refractivity contribution in [2.24, 2.45) is 0 Å². The van der Waals surface area contributed by atoms with E-state index >= 15 is 0 Å². The van der Waals surface area contributed by atoms with Gasteiger partial charge in [-0.25, -0.2) is 0 Å². The van der Waals surface area contributed by atoms with Crippen LogP contribution in [0.4, 0.5) is 13.2 Å². The average Bonchev–Trinajstić information content (AvgIpc) is 1.25. The van der Waals surface area contributed by atoms with Crippen LogP contribution in [-0.2, 0) is 22.4 Å². The quantitative estimate of drug-likeness (QED) is 0.361. The van der Waals surface area contributed by atoms with E-state index in [2.05, 4.69) is 20.0 Å². The maximum absolute atomic E-state index is 9.58. The normalized spacial score (nSPS) is 8.00. The summed E-state index contributed by atoms with van der Waals surface area (Å²) in [7, 11) is 0.380. The average molecular weight is 342 g/mol. The van der Waals surface area contributed by atoms with Crippen LogP contribution >= 0.6 is 7.92 Å².